The van der Waals surface area contributed by atoms with Gasteiger partial charge in [-0.25, -0.2) is 0 Å². The fourth-order valence-electron chi connectivity index (χ4n) is 1.43. The van der Waals surface area contributed by atoms with Crippen LogP contribution in [-0.2, 0) is 0 Å². The third kappa shape index (κ3) is 1.70. The minimum atomic E-state index is 0.319. The van der Waals surface area contributed by atoms with Crippen molar-refractivity contribution in [3.05, 3.63) is 0 Å². The van der Waals surface area contributed by atoms with Crippen molar-refractivity contribution in [2.75, 3.05) is 0 Å². The van der Waals surface area contributed by atoms with E-state index in [1.165, 1.54) is 0 Å². The van der Waals surface area contributed by atoms with Gasteiger partial charge in [-0.1, -0.05) is 0 Å². The van der Waals surface area contributed by atoms with Gasteiger partial charge in [-0.2, -0.15) is 0 Å². The maximum atomic E-state index is 7.19. The molecule has 3 heteroatoms. The molecule has 0 aromatic rings. The highest BCUT2D eigenvalue weighted by molar-refractivity contribution is 5.79. The number of hydrogen-bond donors (Lipinski definition) is 3. The molecule has 0 saturated heterocycles. The van der Waals surface area contributed by atoms with E-state index in [4.69, 9.17) is 16.9 Å². The molecule has 5 N–H and O–H groups in total. The zero-order valence-corrected chi connectivity index (χ0v) is 6.14. The number of nitrogens with one attached hydrogen (secondary N) is 1. The third-order valence-electron chi connectivity index (χ3n) is 2.21. The van der Waals surface area contributed by atoms with Crippen LogP contribution in [0.25, 0.3) is 0 Å². The molecule has 0 aliphatic heterocycles. The summed E-state index contributed by atoms with van der Waals surface area (Å²) in [7, 11) is 0. The molecular weight excluding hydrogens is 126 g/mol. The molecule has 0 atom stereocenters. The Balaban J connectivity index is 2.33. The van der Waals surface area contributed by atoms with Crippen molar-refractivity contribution in [1.82, 2.24) is 0 Å². The van der Waals surface area contributed by atoms with E-state index in [1.54, 1.807) is 0 Å². The predicted octanol–water partition coefficient (Wildman–Crippen LogP) is 0.440. The first-order valence-electron chi connectivity index (χ1n) is 3.79. The van der Waals surface area contributed by atoms with Gasteiger partial charge in [0.1, 0.15) is 0 Å². The van der Waals surface area contributed by atoms with Crippen LogP contribution in [0.5, 0.6) is 0 Å². The van der Waals surface area contributed by atoms with Crippen molar-refractivity contribution in [3.8, 4) is 0 Å². The summed E-state index contributed by atoms with van der Waals surface area (Å²) in [5.74, 6) is 0.659. The summed E-state index contributed by atoms with van der Waals surface area (Å²) < 4.78 is 0. The molecule has 0 aromatic heterocycles. The molecule has 58 valence electrons. The lowest BCUT2D eigenvalue weighted by atomic mass is 9.86. The maximum Gasteiger partial charge on any atom is 0.0936 e. The maximum absolute atomic E-state index is 7.19. The fourth-order valence-corrected chi connectivity index (χ4v) is 1.43. The summed E-state index contributed by atoms with van der Waals surface area (Å²) >= 11 is 0. The Morgan fingerprint density at radius 1 is 1.20 bits per heavy atom. The van der Waals surface area contributed by atoms with E-state index in [1.807, 2.05) is 0 Å². The summed E-state index contributed by atoms with van der Waals surface area (Å²) in [6, 6.07) is 0.357. The van der Waals surface area contributed by atoms with E-state index in [0.717, 1.165) is 25.7 Å². The van der Waals surface area contributed by atoms with Crippen molar-refractivity contribution in [2.45, 2.75) is 31.7 Å². The zero-order valence-electron chi connectivity index (χ0n) is 6.14. The molecule has 1 aliphatic rings. The van der Waals surface area contributed by atoms with Gasteiger partial charge in [-0.05, 0) is 25.7 Å². The average molecular weight is 141 g/mol. The number of amidine groups is 1. The van der Waals surface area contributed by atoms with Gasteiger partial charge in [-0.15, -0.1) is 0 Å². The van der Waals surface area contributed by atoms with Crippen LogP contribution in [0.1, 0.15) is 25.7 Å². The lowest BCUT2D eigenvalue weighted by Crippen LogP contribution is -2.32. The second kappa shape index (κ2) is 3.01. The highest BCUT2D eigenvalue weighted by Gasteiger charge is 2.19. The van der Waals surface area contributed by atoms with Gasteiger partial charge in [0.25, 0.3) is 0 Å². The van der Waals surface area contributed by atoms with Gasteiger partial charge in [-0.3, -0.25) is 5.41 Å². The number of rotatable bonds is 1. The van der Waals surface area contributed by atoms with E-state index >= 15 is 0 Å². The Hall–Kier alpha value is -0.570. The fraction of sp³-hybridized carbons (Fsp3) is 0.857. The van der Waals surface area contributed by atoms with Crippen molar-refractivity contribution >= 4 is 5.84 Å². The monoisotopic (exact) mass is 141 g/mol. The largest absolute Gasteiger partial charge is 0.387 e. The molecular formula is C7H15N3. The Bertz CT molecular complexity index is 125. The normalized spacial score (nSPS) is 33.7. The van der Waals surface area contributed by atoms with Crippen LogP contribution in [0.3, 0.4) is 0 Å². The first kappa shape index (κ1) is 7.54. The van der Waals surface area contributed by atoms with Crippen molar-refractivity contribution < 1.29 is 0 Å². The van der Waals surface area contributed by atoms with E-state index in [9.17, 15) is 0 Å². The highest BCUT2D eigenvalue weighted by atomic mass is 14.7. The Morgan fingerprint density at radius 3 is 2.10 bits per heavy atom. The van der Waals surface area contributed by atoms with Gasteiger partial charge in [0.05, 0.1) is 5.84 Å². The molecule has 0 bridgehead atoms. The standard InChI is InChI=1S/C7H15N3/c8-6-3-1-5(2-4-6)7(9)10/h5-6H,1-4,8H2,(H3,9,10)/t5-,6-. The summed E-state index contributed by atoms with van der Waals surface area (Å²) in [6.45, 7) is 0. The van der Waals surface area contributed by atoms with Crippen molar-refractivity contribution in [1.29, 1.82) is 5.41 Å². The van der Waals surface area contributed by atoms with Crippen LogP contribution in [0, 0.1) is 11.3 Å². The van der Waals surface area contributed by atoms with Gasteiger partial charge >= 0.3 is 0 Å². The van der Waals surface area contributed by atoms with Gasteiger partial charge in [0.15, 0.2) is 0 Å². The van der Waals surface area contributed by atoms with E-state index < -0.39 is 0 Å². The topological polar surface area (TPSA) is 75.9 Å². The van der Waals surface area contributed by atoms with Crippen LogP contribution in [0.4, 0.5) is 0 Å². The molecule has 1 rings (SSSR count). The average Bonchev–Trinajstić information content (AvgIpc) is 1.88. The van der Waals surface area contributed by atoms with Crippen LogP contribution in [0.2, 0.25) is 0 Å². The second-order valence-corrected chi connectivity index (χ2v) is 3.07. The van der Waals surface area contributed by atoms with Crippen LogP contribution >= 0.6 is 0 Å². The molecule has 10 heavy (non-hydrogen) atoms. The quantitative estimate of drug-likeness (QED) is 0.366. The predicted molar refractivity (Wildman–Crippen MR) is 41.8 cm³/mol. The molecule has 0 radical (unpaired) electrons. The van der Waals surface area contributed by atoms with Crippen molar-refractivity contribution in [3.63, 3.8) is 0 Å². The zero-order chi connectivity index (χ0) is 7.56. The minimum Gasteiger partial charge on any atom is -0.387 e. The Kier molecular flexibility index (Phi) is 2.27. The van der Waals surface area contributed by atoms with E-state index in [0.29, 0.717) is 17.8 Å². The Morgan fingerprint density at radius 2 is 1.70 bits per heavy atom. The Labute approximate surface area is 61.3 Å². The molecule has 0 heterocycles. The SMILES string of the molecule is N=C(N)[C@H]1CC[C@H](N)CC1. The molecule has 0 spiro atoms. The molecule has 3 nitrogen and oxygen atoms in total. The molecule has 0 unspecified atom stereocenters. The lowest BCUT2D eigenvalue weighted by molar-refractivity contribution is 0.389. The highest BCUT2D eigenvalue weighted by Crippen LogP contribution is 2.22. The van der Waals surface area contributed by atoms with Crippen molar-refractivity contribution in [2.24, 2.45) is 17.4 Å². The third-order valence-corrected chi connectivity index (χ3v) is 2.21. The van der Waals surface area contributed by atoms with Gasteiger partial charge in [0, 0.05) is 12.0 Å². The first-order valence-corrected chi connectivity index (χ1v) is 3.79. The van der Waals surface area contributed by atoms with Crippen LogP contribution < -0.4 is 11.5 Å². The van der Waals surface area contributed by atoms with E-state index in [2.05, 4.69) is 0 Å². The molecule has 0 amide bonds. The summed E-state index contributed by atoms with van der Waals surface area (Å²) in [5.41, 5.74) is 11.0. The second-order valence-electron chi connectivity index (χ2n) is 3.07. The summed E-state index contributed by atoms with van der Waals surface area (Å²) in [4.78, 5) is 0. The van der Waals surface area contributed by atoms with Crippen LogP contribution in [0.15, 0.2) is 0 Å². The smallest absolute Gasteiger partial charge is 0.0936 e. The summed E-state index contributed by atoms with van der Waals surface area (Å²) in [6.07, 6.45) is 4.08. The summed E-state index contributed by atoms with van der Waals surface area (Å²) in [5, 5.41) is 7.19. The lowest BCUT2D eigenvalue weighted by Gasteiger charge is -2.24. The molecule has 1 saturated carbocycles. The number of nitrogens with two attached hydrogens (primary N) is 2. The van der Waals surface area contributed by atoms with Gasteiger partial charge in [0.2, 0.25) is 0 Å². The van der Waals surface area contributed by atoms with Gasteiger partial charge < -0.3 is 11.5 Å². The van der Waals surface area contributed by atoms with E-state index in [-0.39, 0.29) is 0 Å². The molecule has 1 fully saturated rings. The number of hydrogen-bond acceptors (Lipinski definition) is 2. The first-order chi connectivity index (χ1) is 4.70. The van der Waals surface area contributed by atoms with Crippen LogP contribution in [-0.4, -0.2) is 11.9 Å². The molecule has 1 aliphatic carbocycles. The molecule has 0 aromatic carbocycles. The minimum absolute atomic E-state index is 0.319.